The molecule has 0 aromatic carbocycles. The van der Waals surface area contributed by atoms with E-state index in [0.717, 1.165) is 24.5 Å². The van der Waals surface area contributed by atoms with Crippen LogP contribution in [0.5, 0.6) is 0 Å². The molecule has 1 saturated heterocycles. The van der Waals surface area contributed by atoms with Gasteiger partial charge < -0.3 is 10.6 Å². The van der Waals surface area contributed by atoms with Gasteiger partial charge in [-0.1, -0.05) is 20.8 Å². The molecule has 1 heterocycles. The third-order valence-corrected chi connectivity index (χ3v) is 2.68. The highest BCUT2D eigenvalue weighted by atomic mass is 15.1. The smallest absolute Gasteiger partial charge is 0.0456 e. The molecule has 1 aliphatic rings. The topological polar surface area (TPSA) is 24.1 Å². The Hall–Kier alpha value is -0.0800. The molecule has 0 aliphatic carbocycles. The Kier molecular flexibility index (Phi) is 3.34. The van der Waals surface area contributed by atoms with E-state index in [1.165, 1.54) is 13.0 Å². The van der Waals surface area contributed by atoms with Crippen LogP contribution in [0.2, 0.25) is 0 Å². The van der Waals surface area contributed by atoms with Crippen molar-refractivity contribution in [1.29, 1.82) is 0 Å². The summed E-state index contributed by atoms with van der Waals surface area (Å²) in [6.07, 6.45) is 1.25. The first-order chi connectivity index (χ1) is 5.25. The summed E-state index contributed by atoms with van der Waals surface area (Å²) in [5, 5.41) is 6.86. The second-order valence-electron chi connectivity index (χ2n) is 3.76. The lowest BCUT2D eigenvalue weighted by atomic mass is 9.86. The molecule has 1 rings (SSSR count). The van der Waals surface area contributed by atoms with Crippen LogP contribution in [0, 0.1) is 11.8 Å². The van der Waals surface area contributed by atoms with Gasteiger partial charge in [-0.05, 0) is 18.3 Å². The molecule has 66 valence electrons. The second kappa shape index (κ2) is 4.07. The first kappa shape index (κ1) is 9.01. The molecule has 2 atom stereocenters. The summed E-state index contributed by atoms with van der Waals surface area (Å²) < 4.78 is 0. The summed E-state index contributed by atoms with van der Waals surface area (Å²) in [5.74, 6) is 1.61. The Morgan fingerprint density at radius 1 is 1.45 bits per heavy atom. The van der Waals surface area contributed by atoms with E-state index < -0.39 is 0 Å². The van der Waals surface area contributed by atoms with Crippen molar-refractivity contribution in [1.82, 2.24) is 10.6 Å². The molecule has 2 N–H and O–H groups in total. The van der Waals surface area contributed by atoms with Gasteiger partial charge in [-0.2, -0.15) is 0 Å². The molecular formula is C9H20N2. The van der Waals surface area contributed by atoms with Crippen molar-refractivity contribution in [2.45, 2.75) is 33.2 Å². The van der Waals surface area contributed by atoms with Crippen molar-refractivity contribution in [3.8, 4) is 0 Å². The molecule has 2 unspecified atom stereocenters. The Bertz CT molecular complexity index is 112. The number of hydrogen-bond acceptors (Lipinski definition) is 2. The highest BCUT2D eigenvalue weighted by Gasteiger charge is 2.24. The van der Waals surface area contributed by atoms with E-state index in [1.807, 2.05) is 0 Å². The molecule has 0 bridgehead atoms. The van der Waals surface area contributed by atoms with E-state index in [2.05, 4.69) is 31.4 Å². The van der Waals surface area contributed by atoms with Crippen LogP contribution >= 0.6 is 0 Å². The van der Waals surface area contributed by atoms with Crippen molar-refractivity contribution in [2.24, 2.45) is 11.8 Å². The van der Waals surface area contributed by atoms with Gasteiger partial charge in [-0.15, -0.1) is 0 Å². The predicted molar refractivity (Wildman–Crippen MR) is 48.4 cm³/mol. The van der Waals surface area contributed by atoms with Gasteiger partial charge >= 0.3 is 0 Å². The second-order valence-corrected chi connectivity index (χ2v) is 3.76. The third kappa shape index (κ3) is 2.17. The average molecular weight is 156 g/mol. The first-order valence-electron chi connectivity index (χ1n) is 4.69. The predicted octanol–water partition coefficient (Wildman–Crippen LogP) is 1.19. The maximum Gasteiger partial charge on any atom is 0.0456 e. The number of hydrogen-bond donors (Lipinski definition) is 2. The third-order valence-electron chi connectivity index (χ3n) is 2.68. The lowest BCUT2D eigenvalue weighted by Gasteiger charge is -2.35. The molecule has 0 amide bonds. The van der Waals surface area contributed by atoms with Crippen molar-refractivity contribution in [2.75, 3.05) is 13.2 Å². The largest absolute Gasteiger partial charge is 0.304 e. The molecular weight excluding hydrogens is 136 g/mol. The van der Waals surface area contributed by atoms with E-state index in [0.29, 0.717) is 0 Å². The van der Waals surface area contributed by atoms with E-state index >= 15 is 0 Å². The molecule has 11 heavy (non-hydrogen) atoms. The lowest BCUT2D eigenvalue weighted by molar-refractivity contribution is 0.216. The summed E-state index contributed by atoms with van der Waals surface area (Å²) in [4.78, 5) is 0. The lowest BCUT2D eigenvalue weighted by Crippen LogP contribution is -2.52. The Labute approximate surface area is 69.8 Å². The zero-order chi connectivity index (χ0) is 8.27. The van der Waals surface area contributed by atoms with Gasteiger partial charge in [0.25, 0.3) is 0 Å². The number of rotatable bonds is 2. The monoisotopic (exact) mass is 156 g/mol. The quantitative estimate of drug-likeness (QED) is 0.627. The fraction of sp³-hybridized carbons (Fsp3) is 1.00. The van der Waals surface area contributed by atoms with Crippen molar-refractivity contribution < 1.29 is 0 Å². The van der Waals surface area contributed by atoms with Crippen LogP contribution in [0.15, 0.2) is 0 Å². The molecule has 0 radical (unpaired) electrons. The summed E-state index contributed by atoms with van der Waals surface area (Å²) in [7, 11) is 0. The molecule has 0 spiro atoms. The van der Waals surface area contributed by atoms with Crippen LogP contribution in [-0.4, -0.2) is 19.3 Å². The van der Waals surface area contributed by atoms with Gasteiger partial charge in [0.15, 0.2) is 0 Å². The van der Waals surface area contributed by atoms with Gasteiger partial charge in [-0.25, -0.2) is 0 Å². The van der Waals surface area contributed by atoms with Gasteiger partial charge in [-0.3, -0.25) is 0 Å². The van der Waals surface area contributed by atoms with Gasteiger partial charge in [0.1, 0.15) is 0 Å². The average Bonchev–Trinajstić information content (AvgIpc) is 2.04. The fourth-order valence-electron chi connectivity index (χ4n) is 1.88. The highest BCUT2D eigenvalue weighted by molar-refractivity contribution is 4.82. The van der Waals surface area contributed by atoms with E-state index in [-0.39, 0.29) is 0 Å². The minimum Gasteiger partial charge on any atom is -0.304 e. The summed E-state index contributed by atoms with van der Waals surface area (Å²) in [5.41, 5.74) is 0. The van der Waals surface area contributed by atoms with Crippen LogP contribution < -0.4 is 10.6 Å². The number of nitrogens with one attached hydrogen (secondary N) is 2. The summed E-state index contributed by atoms with van der Waals surface area (Å²) in [6, 6.07) is 0.733. The maximum atomic E-state index is 3.49. The van der Waals surface area contributed by atoms with E-state index in [1.54, 1.807) is 0 Å². The van der Waals surface area contributed by atoms with Crippen molar-refractivity contribution in [3.63, 3.8) is 0 Å². The normalized spacial score (nSPS) is 32.7. The molecule has 0 aromatic rings. The molecule has 2 nitrogen and oxygen atoms in total. The Morgan fingerprint density at radius 3 is 2.64 bits per heavy atom. The summed E-state index contributed by atoms with van der Waals surface area (Å²) >= 11 is 0. The fourth-order valence-corrected chi connectivity index (χ4v) is 1.88. The Morgan fingerprint density at radius 2 is 2.18 bits per heavy atom. The van der Waals surface area contributed by atoms with Gasteiger partial charge in [0.05, 0.1) is 0 Å². The van der Waals surface area contributed by atoms with Crippen molar-refractivity contribution >= 4 is 0 Å². The molecule has 1 aliphatic heterocycles. The van der Waals surface area contributed by atoms with Gasteiger partial charge in [0.2, 0.25) is 0 Å². The van der Waals surface area contributed by atoms with Crippen LogP contribution in [0.3, 0.4) is 0 Å². The minimum atomic E-state index is 0.733. The van der Waals surface area contributed by atoms with Gasteiger partial charge in [0, 0.05) is 19.3 Å². The van der Waals surface area contributed by atoms with Crippen LogP contribution in [0.4, 0.5) is 0 Å². The molecule has 0 aromatic heterocycles. The van der Waals surface area contributed by atoms with Crippen molar-refractivity contribution in [3.05, 3.63) is 0 Å². The first-order valence-corrected chi connectivity index (χ1v) is 4.69. The summed E-state index contributed by atoms with van der Waals surface area (Å²) in [6.45, 7) is 9.05. The van der Waals surface area contributed by atoms with E-state index in [4.69, 9.17) is 0 Å². The highest BCUT2D eigenvalue weighted by Crippen LogP contribution is 2.18. The SMILES string of the molecule is CCC1NCNCC1C(C)C. The van der Waals surface area contributed by atoms with E-state index in [9.17, 15) is 0 Å². The standard InChI is InChI=1S/C9H20N2/c1-4-9-8(7(2)3)5-10-6-11-9/h7-11H,4-6H2,1-3H3. The molecule has 0 saturated carbocycles. The zero-order valence-electron chi connectivity index (χ0n) is 7.85. The molecule has 1 fully saturated rings. The minimum absolute atomic E-state index is 0.733. The molecule has 2 heteroatoms. The van der Waals surface area contributed by atoms with Crippen LogP contribution in [0.1, 0.15) is 27.2 Å². The Balaban J connectivity index is 2.44. The van der Waals surface area contributed by atoms with Crippen LogP contribution in [-0.2, 0) is 0 Å². The van der Waals surface area contributed by atoms with Crippen LogP contribution in [0.25, 0.3) is 0 Å². The maximum absolute atomic E-state index is 3.49. The zero-order valence-corrected chi connectivity index (χ0v) is 7.85.